The minimum absolute atomic E-state index is 0.135. The molecule has 1 aromatic carbocycles. The summed E-state index contributed by atoms with van der Waals surface area (Å²) in [6.07, 6.45) is 1.69. The summed E-state index contributed by atoms with van der Waals surface area (Å²) < 4.78 is 0. The van der Waals surface area contributed by atoms with E-state index in [9.17, 15) is 9.59 Å². The Morgan fingerprint density at radius 2 is 2.14 bits per heavy atom. The van der Waals surface area contributed by atoms with Gasteiger partial charge in [0.2, 0.25) is 5.91 Å². The molecule has 5 nitrogen and oxygen atoms in total. The first-order valence-corrected chi connectivity index (χ1v) is 8.04. The maximum Gasteiger partial charge on any atom is 0.282 e. The fourth-order valence-electron chi connectivity index (χ4n) is 2.75. The lowest BCUT2D eigenvalue weighted by atomic mass is 9.96. The molecule has 1 aromatic rings. The molecule has 0 radical (unpaired) electrons. The number of carbonyl (C=O) groups is 2. The number of primary amides is 1. The van der Waals surface area contributed by atoms with Gasteiger partial charge in [-0.05, 0) is 38.0 Å². The number of likely N-dealkylation sites (tertiary alicyclic amines) is 1. The second kappa shape index (κ2) is 7.31. The fourth-order valence-corrected chi connectivity index (χ4v) is 3.21. The highest BCUT2D eigenvalue weighted by atomic mass is 35.5. The van der Waals surface area contributed by atoms with Crippen LogP contribution in [0.3, 0.4) is 0 Å². The summed E-state index contributed by atoms with van der Waals surface area (Å²) in [5.41, 5.74) is 5.91. The Bertz CT molecular complexity index is 580. The summed E-state index contributed by atoms with van der Waals surface area (Å²) in [6, 6.07) is 4.65. The van der Waals surface area contributed by atoms with Gasteiger partial charge in [-0.2, -0.15) is 0 Å². The van der Waals surface area contributed by atoms with Crippen LogP contribution in [0.5, 0.6) is 0 Å². The van der Waals surface area contributed by atoms with Crippen molar-refractivity contribution in [3.05, 3.63) is 28.2 Å². The number of anilines is 1. The molecule has 7 heteroatoms. The van der Waals surface area contributed by atoms with Crippen LogP contribution in [0.25, 0.3) is 0 Å². The van der Waals surface area contributed by atoms with Gasteiger partial charge in [-0.3, -0.25) is 9.59 Å². The molecule has 1 heterocycles. The van der Waals surface area contributed by atoms with E-state index >= 15 is 0 Å². The zero-order valence-corrected chi connectivity index (χ0v) is 13.9. The summed E-state index contributed by atoms with van der Waals surface area (Å²) in [5.74, 6) is -0.576. The van der Waals surface area contributed by atoms with Crippen LogP contribution < -0.4 is 16.0 Å². The highest BCUT2D eigenvalue weighted by Crippen LogP contribution is 2.25. The highest BCUT2D eigenvalue weighted by Gasteiger charge is 2.33. The van der Waals surface area contributed by atoms with Crippen LogP contribution in [0.15, 0.2) is 18.2 Å². The van der Waals surface area contributed by atoms with E-state index in [1.54, 1.807) is 18.2 Å². The lowest BCUT2D eigenvalue weighted by Crippen LogP contribution is -3.18. The number of amides is 2. The average molecular weight is 345 g/mol. The van der Waals surface area contributed by atoms with Gasteiger partial charge < -0.3 is 16.0 Å². The molecule has 0 bridgehead atoms. The topological polar surface area (TPSA) is 76.6 Å². The van der Waals surface area contributed by atoms with Crippen LogP contribution in [-0.4, -0.2) is 30.9 Å². The molecule has 0 saturated carbocycles. The Labute approximate surface area is 139 Å². The van der Waals surface area contributed by atoms with Crippen molar-refractivity contribution in [2.45, 2.75) is 25.8 Å². The summed E-state index contributed by atoms with van der Waals surface area (Å²) in [6.45, 7) is 3.29. The van der Waals surface area contributed by atoms with Crippen molar-refractivity contribution < 1.29 is 14.5 Å². The Morgan fingerprint density at radius 1 is 1.41 bits per heavy atom. The predicted molar refractivity (Wildman–Crippen MR) is 87.2 cm³/mol. The van der Waals surface area contributed by atoms with Gasteiger partial charge in [0, 0.05) is 5.02 Å². The largest absolute Gasteiger partial charge is 0.369 e. The van der Waals surface area contributed by atoms with E-state index in [0.717, 1.165) is 24.3 Å². The lowest BCUT2D eigenvalue weighted by Gasteiger charge is -2.32. The summed E-state index contributed by atoms with van der Waals surface area (Å²) in [4.78, 5) is 24.8. The fraction of sp³-hybridized carbons (Fsp3) is 0.467. The molecule has 4 N–H and O–H groups in total. The Balaban J connectivity index is 2.01. The number of nitrogens with two attached hydrogens (primary N) is 1. The van der Waals surface area contributed by atoms with Gasteiger partial charge in [0.05, 0.1) is 29.7 Å². The third kappa shape index (κ3) is 4.12. The van der Waals surface area contributed by atoms with Gasteiger partial charge in [-0.1, -0.05) is 23.2 Å². The first kappa shape index (κ1) is 17.1. The van der Waals surface area contributed by atoms with Gasteiger partial charge in [0.25, 0.3) is 5.91 Å². The smallest absolute Gasteiger partial charge is 0.282 e. The molecule has 0 aliphatic carbocycles. The second-order valence-corrected chi connectivity index (χ2v) is 6.53. The predicted octanol–water partition coefficient (Wildman–Crippen LogP) is 1.10. The number of piperidine rings is 1. The molecule has 0 aromatic heterocycles. The van der Waals surface area contributed by atoms with Crippen molar-refractivity contribution in [3.8, 4) is 0 Å². The Kier molecular flexibility index (Phi) is 5.67. The Hall–Kier alpha value is -1.30. The number of benzene rings is 1. The lowest BCUT2D eigenvalue weighted by molar-refractivity contribution is -0.921. The molecule has 22 heavy (non-hydrogen) atoms. The molecule has 1 saturated heterocycles. The van der Waals surface area contributed by atoms with Crippen LogP contribution in [0, 0.1) is 5.92 Å². The van der Waals surface area contributed by atoms with Crippen molar-refractivity contribution in [3.63, 3.8) is 0 Å². The summed E-state index contributed by atoms with van der Waals surface area (Å²) >= 11 is 11.9. The monoisotopic (exact) mass is 344 g/mol. The minimum Gasteiger partial charge on any atom is -0.369 e. The molecule has 3 atom stereocenters. The maximum absolute atomic E-state index is 12.4. The molecule has 120 valence electrons. The van der Waals surface area contributed by atoms with Crippen LogP contribution in [-0.2, 0) is 9.59 Å². The van der Waals surface area contributed by atoms with E-state index in [2.05, 4.69) is 5.32 Å². The van der Waals surface area contributed by atoms with E-state index in [1.807, 2.05) is 6.92 Å². The number of carbonyl (C=O) groups excluding carboxylic acids is 2. The van der Waals surface area contributed by atoms with Crippen LogP contribution in [0.4, 0.5) is 5.69 Å². The molecular formula is C15H20Cl2N3O2+. The van der Waals surface area contributed by atoms with E-state index in [4.69, 9.17) is 28.9 Å². The molecule has 2 rings (SSSR count). The van der Waals surface area contributed by atoms with Gasteiger partial charge in [-0.15, -0.1) is 0 Å². The van der Waals surface area contributed by atoms with Crippen molar-refractivity contribution in [1.82, 2.24) is 0 Å². The van der Waals surface area contributed by atoms with E-state index < -0.39 is 0 Å². The molecule has 1 fully saturated rings. The van der Waals surface area contributed by atoms with Crippen LogP contribution >= 0.6 is 23.2 Å². The minimum atomic E-state index is -0.287. The number of hydrogen-bond acceptors (Lipinski definition) is 2. The van der Waals surface area contributed by atoms with E-state index in [-0.39, 0.29) is 23.8 Å². The molecule has 1 unspecified atom stereocenters. The number of nitrogens with one attached hydrogen (secondary N) is 2. The number of quaternary nitrogens is 1. The van der Waals surface area contributed by atoms with Gasteiger partial charge >= 0.3 is 0 Å². The zero-order chi connectivity index (χ0) is 16.3. The Morgan fingerprint density at radius 3 is 2.77 bits per heavy atom. The maximum atomic E-state index is 12.4. The molecule has 1 aliphatic rings. The zero-order valence-electron chi connectivity index (χ0n) is 12.4. The molecular weight excluding hydrogens is 325 g/mol. The van der Waals surface area contributed by atoms with Crippen molar-refractivity contribution in [1.29, 1.82) is 0 Å². The van der Waals surface area contributed by atoms with Crippen LogP contribution in [0.1, 0.15) is 19.8 Å². The third-order valence-electron chi connectivity index (χ3n) is 4.16. The number of rotatable bonds is 4. The first-order chi connectivity index (χ1) is 10.4. The van der Waals surface area contributed by atoms with Crippen molar-refractivity contribution >= 4 is 40.7 Å². The van der Waals surface area contributed by atoms with E-state index in [0.29, 0.717) is 22.3 Å². The SMILES string of the molecule is C[C@@H](C(=O)Nc1ccc(Cl)cc1Cl)[NH+]1CCC[C@H](C(N)=O)C1. The quantitative estimate of drug-likeness (QED) is 0.764. The molecule has 2 amide bonds. The van der Waals surface area contributed by atoms with Gasteiger partial charge in [-0.25, -0.2) is 0 Å². The summed E-state index contributed by atoms with van der Waals surface area (Å²) in [7, 11) is 0. The average Bonchev–Trinajstić information content (AvgIpc) is 2.49. The van der Waals surface area contributed by atoms with Gasteiger partial charge in [0.1, 0.15) is 0 Å². The van der Waals surface area contributed by atoms with Gasteiger partial charge in [0.15, 0.2) is 6.04 Å². The van der Waals surface area contributed by atoms with E-state index in [1.165, 1.54) is 0 Å². The third-order valence-corrected chi connectivity index (χ3v) is 4.70. The highest BCUT2D eigenvalue weighted by molar-refractivity contribution is 6.36. The first-order valence-electron chi connectivity index (χ1n) is 7.28. The van der Waals surface area contributed by atoms with Crippen molar-refractivity contribution in [2.75, 3.05) is 18.4 Å². The van der Waals surface area contributed by atoms with Crippen LogP contribution in [0.2, 0.25) is 10.0 Å². The normalized spacial score (nSPS) is 22.9. The van der Waals surface area contributed by atoms with Crippen molar-refractivity contribution in [2.24, 2.45) is 11.7 Å². The number of halogens is 2. The molecule has 0 spiro atoms. The second-order valence-electron chi connectivity index (χ2n) is 5.69. The molecule has 1 aliphatic heterocycles. The number of hydrogen-bond donors (Lipinski definition) is 3. The standard InChI is InChI=1S/C15H19Cl2N3O2/c1-9(20-6-2-3-10(8-20)14(18)21)15(22)19-13-5-4-11(16)7-12(13)17/h4-5,7,9-10H,2-3,6,8H2,1H3,(H2,18,21)(H,19,22)/p+1/t9-,10-/m0/s1. The summed E-state index contributed by atoms with van der Waals surface area (Å²) in [5, 5.41) is 3.73.